The third-order valence-corrected chi connectivity index (χ3v) is 4.13. The topological polar surface area (TPSA) is 78.4 Å². The van der Waals surface area contributed by atoms with Crippen LogP contribution in [0.25, 0.3) is 0 Å². The van der Waals surface area contributed by atoms with Gasteiger partial charge in [-0.05, 0) is 29.5 Å². The van der Waals surface area contributed by atoms with E-state index in [0.717, 1.165) is 0 Å². The first kappa shape index (κ1) is 17.5. The molecular weight excluding hydrogens is 336 g/mol. The van der Waals surface area contributed by atoms with Crippen molar-refractivity contribution in [1.29, 1.82) is 0 Å². The van der Waals surface area contributed by atoms with E-state index in [0.29, 0.717) is 22.6 Å². The molecule has 0 saturated carbocycles. The number of benzene rings is 1. The van der Waals surface area contributed by atoms with Gasteiger partial charge in [0.1, 0.15) is 0 Å². The lowest BCUT2D eigenvalue weighted by Crippen LogP contribution is -2.39. The van der Waals surface area contributed by atoms with Crippen LogP contribution >= 0.6 is 15.9 Å². The highest BCUT2D eigenvalue weighted by atomic mass is 79.9. The smallest absolute Gasteiger partial charge is 0.335 e. The highest BCUT2D eigenvalue weighted by Gasteiger charge is 2.22. The lowest BCUT2D eigenvalue weighted by atomic mass is 9.81. The van der Waals surface area contributed by atoms with E-state index >= 15 is 0 Å². The predicted molar refractivity (Wildman–Crippen MR) is 86.7 cm³/mol. The lowest BCUT2D eigenvalue weighted by Gasteiger charge is -2.29. The largest absolute Gasteiger partial charge is 0.478 e. The number of hydrogen-bond acceptors (Lipinski definition) is 2. The number of nitrogens with one attached hydrogen (secondary N) is 2. The Morgan fingerprint density at radius 1 is 1.29 bits per heavy atom. The first-order valence-electron chi connectivity index (χ1n) is 6.70. The third-order valence-electron chi connectivity index (χ3n) is 3.67. The van der Waals surface area contributed by atoms with Crippen molar-refractivity contribution in [2.45, 2.75) is 27.7 Å². The van der Waals surface area contributed by atoms with E-state index in [-0.39, 0.29) is 17.0 Å². The van der Waals surface area contributed by atoms with Crippen LogP contribution in [0.3, 0.4) is 0 Å². The average Bonchev–Trinajstić information content (AvgIpc) is 2.35. The minimum Gasteiger partial charge on any atom is -0.478 e. The second-order valence-electron chi connectivity index (χ2n) is 5.98. The number of hydrogen-bond donors (Lipinski definition) is 3. The van der Waals surface area contributed by atoms with Gasteiger partial charge in [-0.25, -0.2) is 9.59 Å². The zero-order valence-electron chi connectivity index (χ0n) is 12.7. The van der Waals surface area contributed by atoms with Crippen molar-refractivity contribution in [3.8, 4) is 0 Å². The van der Waals surface area contributed by atoms with E-state index in [2.05, 4.69) is 54.3 Å². The Kier molecular flexibility index (Phi) is 5.78. The molecule has 0 spiro atoms. The van der Waals surface area contributed by atoms with Crippen LogP contribution in [0.2, 0.25) is 0 Å². The number of carbonyl (C=O) groups is 2. The number of carbonyl (C=O) groups excluding carboxylic acids is 1. The van der Waals surface area contributed by atoms with Gasteiger partial charge in [0, 0.05) is 16.7 Å². The molecule has 21 heavy (non-hydrogen) atoms. The Bertz CT molecular complexity index is 542. The number of anilines is 1. The second kappa shape index (κ2) is 6.93. The number of rotatable bonds is 5. The molecule has 6 heteroatoms. The summed E-state index contributed by atoms with van der Waals surface area (Å²) in [7, 11) is 0. The molecule has 0 saturated heterocycles. The Labute approximate surface area is 133 Å². The molecule has 0 atom stereocenters. The fourth-order valence-corrected chi connectivity index (χ4v) is 1.97. The average molecular weight is 357 g/mol. The van der Waals surface area contributed by atoms with Crippen molar-refractivity contribution in [1.82, 2.24) is 5.32 Å². The fourth-order valence-electron chi connectivity index (χ4n) is 1.47. The van der Waals surface area contributed by atoms with Crippen LogP contribution < -0.4 is 10.6 Å². The molecule has 0 bridgehead atoms. The van der Waals surface area contributed by atoms with Crippen LogP contribution in [0.5, 0.6) is 0 Å². The third kappa shape index (κ3) is 5.38. The van der Waals surface area contributed by atoms with Crippen molar-refractivity contribution in [3.63, 3.8) is 0 Å². The summed E-state index contributed by atoms with van der Waals surface area (Å²) in [6, 6.07) is 4.20. The number of aromatic carboxylic acids is 1. The number of amides is 2. The summed E-state index contributed by atoms with van der Waals surface area (Å²) in [5, 5.41) is 14.4. The molecule has 3 N–H and O–H groups in total. The summed E-state index contributed by atoms with van der Waals surface area (Å²) in [4.78, 5) is 22.9. The van der Waals surface area contributed by atoms with Gasteiger partial charge in [-0.1, -0.05) is 43.6 Å². The predicted octanol–water partition coefficient (Wildman–Crippen LogP) is 3.95. The van der Waals surface area contributed by atoms with Crippen molar-refractivity contribution in [2.75, 3.05) is 11.9 Å². The molecule has 0 aliphatic carbocycles. The van der Waals surface area contributed by atoms with E-state index in [1.807, 2.05) is 0 Å². The van der Waals surface area contributed by atoms with Crippen LogP contribution in [0.4, 0.5) is 10.5 Å². The first-order valence-corrected chi connectivity index (χ1v) is 7.50. The highest BCUT2D eigenvalue weighted by molar-refractivity contribution is 9.10. The van der Waals surface area contributed by atoms with Gasteiger partial charge < -0.3 is 15.7 Å². The van der Waals surface area contributed by atoms with Crippen LogP contribution in [-0.2, 0) is 0 Å². The van der Waals surface area contributed by atoms with Crippen molar-refractivity contribution in [3.05, 3.63) is 28.2 Å². The lowest BCUT2D eigenvalue weighted by molar-refractivity contribution is 0.0697. The second-order valence-corrected chi connectivity index (χ2v) is 6.90. The van der Waals surface area contributed by atoms with Crippen molar-refractivity contribution < 1.29 is 14.7 Å². The maximum absolute atomic E-state index is 11.9. The minimum absolute atomic E-state index is 0.0131. The molecule has 2 amide bonds. The van der Waals surface area contributed by atoms with Gasteiger partial charge in [-0.3, -0.25) is 0 Å². The zero-order chi connectivity index (χ0) is 16.2. The summed E-state index contributed by atoms with van der Waals surface area (Å²) in [5.41, 5.74) is 0.532. The van der Waals surface area contributed by atoms with Crippen LogP contribution in [0, 0.1) is 11.3 Å². The van der Waals surface area contributed by atoms with Gasteiger partial charge in [0.05, 0.1) is 5.56 Å². The molecule has 0 aliphatic rings. The molecule has 0 unspecified atom stereocenters. The zero-order valence-corrected chi connectivity index (χ0v) is 14.2. The van der Waals surface area contributed by atoms with Crippen LogP contribution in [0.15, 0.2) is 22.7 Å². The van der Waals surface area contributed by atoms with E-state index in [9.17, 15) is 9.59 Å². The Morgan fingerprint density at radius 3 is 2.43 bits per heavy atom. The maximum Gasteiger partial charge on any atom is 0.335 e. The molecule has 0 aromatic heterocycles. The van der Waals surface area contributed by atoms with E-state index in [1.54, 1.807) is 6.07 Å². The first-order chi connectivity index (χ1) is 9.61. The van der Waals surface area contributed by atoms with E-state index in [4.69, 9.17) is 5.11 Å². The summed E-state index contributed by atoms with van der Waals surface area (Å²) in [5.74, 6) is -0.608. The fraction of sp³-hybridized carbons (Fsp3) is 0.467. The molecule has 116 valence electrons. The standard InChI is InChI=1S/C15H21BrN2O3/c1-9(2)15(3,4)8-17-14(21)18-12-6-10(13(19)20)5-11(16)7-12/h5-7,9H,8H2,1-4H3,(H,19,20)(H2,17,18,21). The number of urea groups is 1. The van der Waals surface area contributed by atoms with Gasteiger partial charge in [-0.2, -0.15) is 0 Å². The van der Waals surface area contributed by atoms with Crippen molar-refractivity contribution in [2.24, 2.45) is 11.3 Å². The SMILES string of the molecule is CC(C)C(C)(C)CNC(=O)Nc1cc(Br)cc(C(=O)O)c1. The molecular formula is C15H21BrN2O3. The molecule has 5 nitrogen and oxygen atoms in total. The monoisotopic (exact) mass is 356 g/mol. The van der Waals surface area contributed by atoms with Gasteiger partial charge in [0.2, 0.25) is 0 Å². The van der Waals surface area contributed by atoms with Gasteiger partial charge in [0.15, 0.2) is 0 Å². The quantitative estimate of drug-likeness (QED) is 0.747. The molecule has 0 radical (unpaired) electrons. The Hall–Kier alpha value is -1.56. The van der Waals surface area contributed by atoms with Crippen LogP contribution in [-0.4, -0.2) is 23.7 Å². The Morgan fingerprint density at radius 2 is 1.90 bits per heavy atom. The molecule has 0 heterocycles. The highest BCUT2D eigenvalue weighted by Crippen LogP contribution is 2.25. The molecule has 1 aromatic carbocycles. The summed E-state index contributed by atoms with van der Waals surface area (Å²) >= 11 is 3.23. The number of halogens is 1. The van der Waals surface area contributed by atoms with Gasteiger partial charge in [-0.15, -0.1) is 0 Å². The number of carboxylic acids is 1. The van der Waals surface area contributed by atoms with E-state index in [1.165, 1.54) is 12.1 Å². The summed E-state index contributed by atoms with van der Waals surface area (Å²) < 4.78 is 0.597. The van der Waals surface area contributed by atoms with Crippen LogP contribution in [0.1, 0.15) is 38.1 Å². The number of carboxylic acid groups (broad SMARTS) is 1. The normalized spacial score (nSPS) is 11.3. The molecule has 1 aromatic rings. The van der Waals surface area contributed by atoms with Crippen molar-refractivity contribution >= 4 is 33.6 Å². The minimum atomic E-state index is -1.04. The molecule has 0 aliphatic heterocycles. The molecule has 1 rings (SSSR count). The Balaban J connectivity index is 2.69. The van der Waals surface area contributed by atoms with Gasteiger partial charge in [0.25, 0.3) is 0 Å². The van der Waals surface area contributed by atoms with Gasteiger partial charge >= 0.3 is 12.0 Å². The maximum atomic E-state index is 11.9. The summed E-state index contributed by atoms with van der Waals surface area (Å²) in [6.45, 7) is 8.91. The molecule has 0 fully saturated rings. The van der Waals surface area contributed by atoms with E-state index < -0.39 is 5.97 Å². The summed E-state index contributed by atoms with van der Waals surface area (Å²) in [6.07, 6.45) is 0.